The van der Waals surface area contributed by atoms with Gasteiger partial charge in [-0.3, -0.25) is 23.5 Å². The third-order valence-corrected chi connectivity index (χ3v) is 23.2. The number of urea groups is 1. The van der Waals surface area contributed by atoms with Gasteiger partial charge in [-0.15, -0.1) is 0 Å². The normalized spacial score (nSPS) is 13.9. The number of nitrogens with one attached hydrogen (secondary N) is 2. The molecule has 0 bridgehead atoms. The van der Waals surface area contributed by atoms with Gasteiger partial charge in [-0.25, -0.2) is 4.79 Å². The molecular formula is C88H174N4Na2O17P2. The van der Waals surface area contributed by atoms with Gasteiger partial charge in [0.05, 0.1) is 64.4 Å². The Morgan fingerprint density at radius 2 is 0.619 bits per heavy atom. The minimum Gasteiger partial charge on any atom is -0.756 e. The van der Waals surface area contributed by atoms with Crippen molar-refractivity contribution >= 4 is 39.5 Å². The van der Waals surface area contributed by atoms with Crippen LogP contribution >= 0.6 is 15.6 Å². The van der Waals surface area contributed by atoms with E-state index in [9.17, 15) is 43.2 Å². The van der Waals surface area contributed by atoms with Crippen molar-refractivity contribution in [1.82, 2.24) is 20.4 Å². The van der Waals surface area contributed by atoms with E-state index in [0.29, 0.717) is 38.8 Å². The zero-order valence-electron chi connectivity index (χ0n) is 74.9. The summed E-state index contributed by atoms with van der Waals surface area (Å²) in [5.41, 5.74) is 0. The number of phosphoric acid groups is 2. The molecule has 0 aromatic rings. The monoisotopic (exact) mass is 1670 g/mol. The smallest absolute Gasteiger partial charge is 0.756 e. The average Bonchev–Trinajstić information content (AvgIpc) is 0.881. The fourth-order valence-corrected chi connectivity index (χ4v) is 15.8. The number of esters is 1. The average molecular weight is 1670 g/mol. The Hall–Kier alpha value is -0.260. The molecule has 0 aromatic heterocycles. The molecule has 0 spiro atoms. The van der Waals surface area contributed by atoms with Gasteiger partial charge in [0.15, 0.2) is 6.29 Å². The number of carbonyl (C=O) groups excluding carboxylic acids is 4. The fraction of sp³-hybridized carbons (Fsp3) is 0.955. The Kier molecular flexibility index (Phi) is 89.7. The predicted octanol–water partition coefficient (Wildman–Crippen LogP) is 16.5. The van der Waals surface area contributed by atoms with Crippen molar-refractivity contribution in [2.24, 2.45) is 0 Å². The van der Waals surface area contributed by atoms with Gasteiger partial charge in [-0.1, -0.05) is 350 Å². The van der Waals surface area contributed by atoms with Gasteiger partial charge < -0.3 is 72.4 Å². The van der Waals surface area contributed by atoms with E-state index in [4.69, 9.17) is 37.0 Å². The quantitative estimate of drug-likeness (QED) is 0.0168. The first-order valence-electron chi connectivity index (χ1n) is 46.3. The first-order valence-corrected chi connectivity index (χ1v) is 49.3. The third-order valence-electron chi connectivity index (χ3n) is 21.3. The number of rotatable bonds is 88. The van der Waals surface area contributed by atoms with Crippen molar-refractivity contribution in [3.8, 4) is 0 Å². The van der Waals surface area contributed by atoms with E-state index in [1.807, 2.05) is 0 Å². The molecule has 7 unspecified atom stereocenters. The number of hydrogen-bond acceptors (Lipinski definition) is 17. The molecule has 25 heteroatoms. The van der Waals surface area contributed by atoms with Crippen LogP contribution < -0.4 is 79.5 Å². The Balaban J connectivity index is -0.0000605. The molecule has 0 aromatic carbocycles. The van der Waals surface area contributed by atoms with Crippen molar-refractivity contribution in [3.63, 3.8) is 0 Å². The Morgan fingerprint density at radius 3 is 0.938 bits per heavy atom. The summed E-state index contributed by atoms with van der Waals surface area (Å²) in [4.78, 5) is 82.5. The van der Waals surface area contributed by atoms with Gasteiger partial charge in [0.2, 0.25) is 11.8 Å². The molecular weight excluding hydrogens is 1490 g/mol. The van der Waals surface area contributed by atoms with Crippen molar-refractivity contribution in [2.75, 3.05) is 79.0 Å². The number of ether oxygens (including phenoxy) is 4. The van der Waals surface area contributed by atoms with Crippen LogP contribution in [0.3, 0.4) is 0 Å². The van der Waals surface area contributed by atoms with E-state index in [1.165, 1.54) is 206 Å². The maximum absolute atomic E-state index is 13.3. The summed E-state index contributed by atoms with van der Waals surface area (Å²) in [7, 11) is -9.97. The maximum Gasteiger partial charge on any atom is 1.00 e. The molecule has 3 N–H and O–H groups in total. The van der Waals surface area contributed by atoms with E-state index in [0.717, 1.165) is 161 Å². The Morgan fingerprint density at radius 1 is 0.345 bits per heavy atom. The van der Waals surface area contributed by atoms with Gasteiger partial charge in [-0.05, 0) is 57.8 Å². The third kappa shape index (κ3) is 78.7. The SMILES string of the molecule is CCCCCCCCCCCCCCCN(C(C)=O)C(COCCC(CCCCCCC)OC(=O)CCCCCCCCCCC)COP(=O)([O-])OCCNC(=O)NCCOP(=O)([O-])OCC(COCCC(CCCCCCC)OC(O)CCCCCCCCCCC)N(CCCCCCCCCCCCCC)C(C)=O.[Na+].[Na+]. The summed E-state index contributed by atoms with van der Waals surface area (Å²) in [6.07, 6.45) is 63.1. The molecule has 7 atom stereocenters. The molecule has 660 valence electrons. The van der Waals surface area contributed by atoms with Crippen molar-refractivity contribution in [2.45, 2.75) is 465 Å². The van der Waals surface area contributed by atoms with Crippen LogP contribution in [0.25, 0.3) is 0 Å². The van der Waals surface area contributed by atoms with Crippen LogP contribution in [0.15, 0.2) is 0 Å². The maximum atomic E-state index is 13.3. The number of aliphatic hydroxyl groups is 1. The molecule has 0 aliphatic rings. The van der Waals surface area contributed by atoms with E-state index < -0.39 is 66.5 Å². The predicted molar refractivity (Wildman–Crippen MR) is 452 cm³/mol. The summed E-state index contributed by atoms with van der Waals surface area (Å²) in [6.45, 7) is 15.1. The zero-order valence-corrected chi connectivity index (χ0v) is 80.6. The first-order chi connectivity index (χ1) is 53.9. The molecule has 0 saturated heterocycles. The van der Waals surface area contributed by atoms with E-state index >= 15 is 0 Å². The van der Waals surface area contributed by atoms with Crippen LogP contribution in [-0.4, -0.2) is 148 Å². The van der Waals surface area contributed by atoms with Crippen LogP contribution in [0.4, 0.5) is 4.79 Å². The Labute approximate surface area is 737 Å². The summed E-state index contributed by atoms with van der Waals surface area (Å²) in [5, 5.41) is 16.0. The van der Waals surface area contributed by atoms with E-state index in [-0.39, 0.29) is 129 Å². The number of amides is 4. The van der Waals surface area contributed by atoms with Crippen molar-refractivity contribution in [1.29, 1.82) is 0 Å². The van der Waals surface area contributed by atoms with Crippen molar-refractivity contribution < 1.29 is 139 Å². The van der Waals surface area contributed by atoms with Crippen LogP contribution in [0.5, 0.6) is 0 Å². The first kappa shape index (κ1) is 117. The standard InChI is InChI=1S/C88H176N4O17P2.2Na/c1-9-15-21-27-31-35-37-39-41-45-49-55-61-71-92(81(8)94)83(77-103-73-67-85(63-57-51-26-20-14-6)109-87(96)65-59-53-47-43-34-30-24-18-12-4)79-107-111(100,101)105-75-69-90-88(97)89-68-74-104-110(98,99)106-78-82(91(80(7)93)70-60-54-48-44-40-38-36-32-28-22-16-10-2)76-102-72-66-84(62-56-50-25-19-13-5)108-86(95)64-58-52-46-42-33-29-23-17-11-3;;/h82-86,95H,9-79H2,1-8H3,(H,98,99)(H,100,101)(H2,89,90,97);;/q;2*+1/p-2. The van der Waals surface area contributed by atoms with E-state index in [1.54, 1.807) is 9.80 Å². The topological polar surface area (TPSA) is 273 Å². The van der Waals surface area contributed by atoms with E-state index in [2.05, 4.69) is 52.2 Å². The second-order valence-corrected chi connectivity index (χ2v) is 34.7. The second-order valence-electron chi connectivity index (χ2n) is 31.9. The number of unbranched alkanes of at least 4 members (excludes halogenated alkanes) is 47. The number of carbonyl (C=O) groups is 4. The molecule has 0 heterocycles. The minimum atomic E-state index is -4.99. The van der Waals surface area contributed by atoms with Crippen molar-refractivity contribution in [3.05, 3.63) is 0 Å². The molecule has 21 nitrogen and oxygen atoms in total. The van der Waals surface area contributed by atoms with Crippen LogP contribution in [-0.2, 0) is 60.6 Å². The number of nitrogens with zero attached hydrogens (tertiary/aromatic N) is 2. The summed E-state index contributed by atoms with van der Waals surface area (Å²) < 4.78 is 72.6. The van der Waals surface area contributed by atoms with Gasteiger partial charge in [0.25, 0.3) is 15.6 Å². The molecule has 0 fully saturated rings. The minimum absolute atomic E-state index is 0. The molecule has 0 radical (unpaired) electrons. The Bertz CT molecular complexity index is 2190. The summed E-state index contributed by atoms with van der Waals surface area (Å²) in [6, 6.07) is -2.29. The molecule has 0 aliphatic carbocycles. The van der Waals surface area contributed by atoms with Crippen LogP contribution in [0, 0.1) is 0 Å². The zero-order chi connectivity index (χ0) is 81.6. The van der Waals surface area contributed by atoms with Crippen LogP contribution in [0.1, 0.15) is 434 Å². The largest absolute Gasteiger partial charge is 1.00 e. The second kappa shape index (κ2) is 86.7. The molecule has 0 aliphatic heterocycles. The number of hydrogen-bond donors (Lipinski definition) is 3. The molecule has 4 amide bonds. The van der Waals surface area contributed by atoms with Gasteiger partial charge in [-0.2, -0.15) is 0 Å². The van der Waals surface area contributed by atoms with Gasteiger partial charge in [0, 0.05) is 59.5 Å². The molecule has 113 heavy (non-hydrogen) atoms. The summed E-state index contributed by atoms with van der Waals surface area (Å²) in [5.74, 6) is -0.682. The van der Waals surface area contributed by atoms with Crippen LogP contribution in [0.2, 0.25) is 0 Å². The number of aliphatic hydroxyl groups excluding tert-OH is 1. The number of phosphoric ester groups is 2. The molecule has 0 saturated carbocycles. The van der Waals surface area contributed by atoms with Gasteiger partial charge >= 0.3 is 71.1 Å². The molecule has 0 rings (SSSR count). The fourth-order valence-electron chi connectivity index (χ4n) is 14.3. The van der Waals surface area contributed by atoms with Gasteiger partial charge in [0.1, 0.15) is 6.10 Å². The summed E-state index contributed by atoms with van der Waals surface area (Å²) >= 11 is 0.